The number of nitrogens with one attached hydrogen (secondary N) is 1. The Labute approximate surface area is 110 Å². The third-order valence-corrected chi connectivity index (χ3v) is 2.64. The predicted octanol–water partition coefficient (Wildman–Crippen LogP) is 2.59. The first-order chi connectivity index (χ1) is 8.61. The summed E-state index contributed by atoms with van der Waals surface area (Å²) in [6, 6.07) is 8.25. The van der Waals surface area contributed by atoms with Crippen LogP contribution in [0.2, 0.25) is 0 Å². The Morgan fingerprint density at radius 1 is 1.28 bits per heavy atom. The second kappa shape index (κ2) is 7.88. The number of carbonyl (C=O) groups is 1. The molecule has 1 N–H and O–H groups in total. The van der Waals surface area contributed by atoms with E-state index >= 15 is 0 Å². The van der Waals surface area contributed by atoms with Crippen molar-refractivity contribution in [2.24, 2.45) is 0 Å². The highest BCUT2D eigenvalue weighted by atomic mass is 16.5. The van der Waals surface area contributed by atoms with Crippen molar-refractivity contribution in [3.05, 3.63) is 29.8 Å². The monoisotopic (exact) mass is 249 g/mol. The molecule has 0 saturated heterocycles. The summed E-state index contributed by atoms with van der Waals surface area (Å²) in [5.74, 6) is 1.12. The van der Waals surface area contributed by atoms with E-state index in [1.54, 1.807) is 0 Å². The van der Waals surface area contributed by atoms with E-state index in [9.17, 15) is 4.79 Å². The maximum Gasteiger partial charge on any atom is 0.136 e. The van der Waals surface area contributed by atoms with Gasteiger partial charge in [0.2, 0.25) is 0 Å². The lowest BCUT2D eigenvalue weighted by molar-refractivity contribution is -0.118. The zero-order valence-electron chi connectivity index (χ0n) is 11.5. The molecule has 100 valence electrons. The van der Waals surface area contributed by atoms with Crippen LogP contribution in [0.25, 0.3) is 0 Å². The van der Waals surface area contributed by atoms with Gasteiger partial charge in [-0.15, -0.1) is 0 Å². The van der Waals surface area contributed by atoms with E-state index in [0.29, 0.717) is 25.5 Å². The first-order valence-corrected chi connectivity index (χ1v) is 6.58. The van der Waals surface area contributed by atoms with Gasteiger partial charge in [-0.3, -0.25) is 4.79 Å². The number of ether oxygens (including phenoxy) is 1. The van der Waals surface area contributed by atoms with Gasteiger partial charge in [-0.05, 0) is 17.7 Å². The smallest absolute Gasteiger partial charge is 0.136 e. The number of ketones is 1. The molecule has 0 aliphatic carbocycles. The molecule has 1 aromatic carbocycles. The van der Waals surface area contributed by atoms with Gasteiger partial charge in [0.1, 0.15) is 18.1 Å². The fourth-order valence-corrected chi connectivity index (χ4v) is 1.57. The number of carbonyl (C=O) groups excluding carboxylic acids is 1. The summed E-state index contributed by atoms with van der Waals surface area (Å²) in [5.41, 5.74) is 1.05. The minimum atomic E-state index is 0.268. The maximum atomic E-state index is 11.3. The molecule has 0 spiro atoms. The van der Waals surface area contributed by atoms with E-state index in [1.165, 1.54) is 0 Å². The van der Waals surface area contributed by atoms with Crippen LogP contribution in [0.5, 0.6) is 5.75 Å². The van der Waals surface area contributed by atoms with Gasteiger partial charge in [0.25, 0.3) is 0 Å². The molecular formula is C15H23NO2. The first-order valence-electron chi connectivity index (χ1n) is 6.58. The highest BCUT2D eigenvalue weighted by Gasteiger charge is 2.01. The summed E-state index contributed by atoms with van der Waals surface area (Å²) >= 11 is 0. The van der Waals surface area contributed by atoms with Crippen LogP contribution in [0.3, 0.4) is 0 Å². The molecule has 0 radical (unpaired) electrons. The van der Waals surface area contributed by atoms with Crippen LogP contribution in [-0.2, 0) is 11.2 Å². The molecular weight excluding hydrogens is 226 g/mol. The number of hydrogen-bond acceptors (Lipinski definition) is 3. The summed E-state index contributed by atoms with van der Waals surface area (Å²) < 4.78 is 5.60. The van der Waals surface area contributed by atoms with E-state index in [0.717, 1.165) is 17.9 Å². The molecule has 3 heteroatoms. The Morgan fingerprint density at radius 3 is 2.50 bits per heavy atom. The van der Waals surface area contributed by atoms with E-state index in [-0.39, 0.29) is 5.78 Å². The third kappa shape index (κ3) is 5.82. The Bertz CT molecular complexity index is 357. The Kier molecular flexibility index (Phi) is 6.44. The van der Waals surface area contributed by atoms with Gasteiger partial charge in [0.05, 0.1) is 0 Å². The fraction of sp³-hybridized carbons (Fsp3) is 0.533. The number of Topliss-reactive ketones (excluding diaryl/α,β-unsaturated/α-hetero) is 1. The molecule has 0 bridgehead atoms. The van der Waals surface area contributed by atoms with Crippen molar-refractivity contribution in [2.45, 2.75) is 39.7 Å². The van der Waals surface area contributed by atoms with Gasteiger partial charge < -0.3 is 10.1 Å². The molecule has 0 aromatic heterocycles. The summed E-state index contributed by atoms with van der Waals surface area (Å²) in [6.07, 6.45) is 1.12. The number of rotatable bonds is 8. The second-order valence-electron chi connectivity index (χ2n) is 4.67. The first kappa shape index (κ1) is 14.7. The van der Waals surface area contributed by atoms with Gasteiger partial charge in [0, 0.05) is 25.4 Å². The van der Waals surface area contributed by atoms with Crippen LogP contribution in [-0.4, -0.2) is 25.0 Å². The van der Waals surface area contributed by atoms with Crippen LogP contribution in [0.4, 0.5) is 0 Å². The molecule has 0 saturated carbocycles. The molecule has 0 amide bonds. The summed E-state index contributed by atoms with van der Waals surface area (Å²) in [7, 11) is 0. The lowest BCUT2D eigenvalue weighted by atomic mass is 10.1. The lowest BCUT2D eigenvalue weighted by Gasteiger charge is -2.10. The zero-order chi connectivity index (χ0) is 13.4. The molecule has 0 aliphatic heterocycles. The molecule has 0 heterocycles. The van der Waals surface area contributed by atoms with Crippen molar-refractivity contribution in [3.8, 4) is 5.75 Å². The lowest BCUT2D eigenvalue weighted by Crippen LogP contribution is -2.27. The van der Waals surface area contributed by atoms with Crippen LogP contribution < -0.4 is 10.1 Å². The summed E-state index contributed by atoms with van der Waals surface area (Å²) in [6.45, 7) is 7.61. The Morgan fingerprint density at radius 2 is 1.94 bits per heavy atom. The third-order valence-electron chi connectivity index (χ3n) is 2.64. The Hall–Kier alpha value is -1.35. The molecule has 0 unspecified atom stereocenters. The van der Waals surface area contributed by atoms with Gasteiger partial charge >= 0.3 is 0 Å². The van der Waals surface area contributed by atoms with Crippen molar-refractivity contribution in [2.75, 3.05) is 13.2 Å². The van der Waals surface area contributed by atoms with Crippen molar-refractivity contribution < 1.29 is 9.53 Å². The van der Waals surface area contributed by atoms with E-state index in [4.69, 9.17) is 4.74 Å². The molecule has 1 aromatic rings. The normalized spacial score (nSPS) is 10.7. The molecule has 0 aliphatic rings. The number of hydrogen-bond donors (Lipinski definition) is 1. The fourth-order valence-electron chi connectivity index (χ4n) is 1.57. The van der Waals surface area contributed by atoms with E-state index in [2.05, 4.69) is 19.2 Å². The predicted molar refractivity (Wildman–Crippen MR) is 74.1 cm³/mol. The Balaban J connectivity index is 2.33. The molecule has 0 fully saturated rings. The topological polar surface area (TPSA) is 38.3 Å². The minimum Gasteiger partial charge on any atom is -0.492 e. The molecule has 0 atom stereocenters. The van der Waals surface area contributed by atoms with Crippen molar-refractivity contribution in [1.29, 1.82) is 0 Å². The maximum absolute atomic E-state index is 11.3. The standard InChI is InChI=1S/C15H23NO2/c1-4-14(17)11-13-5-7-15(8-6-13)18-10-9-16-12(2)3/h5-8,12,16H,4,9-11H2,1-3H3. The average Bonchev–Trinajstić information content (AvgIpc) is 2.36. The van der Waals surface area contributed by atoms with Gasteiger partial charge in [0.15, 0.2) is 0 Å². The average molecular weight is 249 g/mol. The van der Waals surface area contributed by atoms with Gasteiger partial charge in [-0.2, -0.15) is 0 Å². The van der Waals surface area contributed by atoms with E-state index < -0.39 is 0 Å². The SMILES string of the molecule is CCC(=O)Cc1ccc(OCCNC(C)C)cc1. The zero-order valence-corrected chi connectivity index (χ0v) is 11.5. The summed E-state index contributed by atoms with van der Waals surface area (Å²) in [5, 5.41) is 3.29. The second-order valence-corrected chi connectivity index (χ2v) is 4.67. The summed E-state index contributed by atoms with van der Waals surface area (Å²) in [4.78, 5) is 11.3. The number of benzene rings is 1. The van der Waals surface area contributed by atoms with Crippen molar-refractivity contribution >= 4 is 5.78 Å². The van der Waals surface area contributed by atoms with Gasteiger partial charge in [-0.1, -0.05) is 32.9 Å². The van der Waals surface area contributed by atoms with Crippen molar-refractivity contribution in [1.82, 2.24) is 5.32 Å². The highest BCUT2D eigenvalue weighted by Crippen LogP contribution is 2.12. The van der Waals surface area contributed by atoms with Crippen LogP contribution in [0.1, 0.15) is 32.8 Å². The molecule has 1 rings (SSSR count). The molecule has 18 heavy (non-hydrogen) atoms. The largest absolute Gasteiger partial charge is 0.492 e. The van der Waals surface area contributed by atoms with Crippen molar-refractivity contribution in [3.63, 3.8) is 0 Å². The quantitative estimate of drug-likeness (QED) is 0.720. The van der Waals surface area contributed by atoms with Crippen LogP contribution >= 0.6 is 0 Å². The van der Waals surface area contributed by atoms with Crippen LogP contribution in [0, 0.1) is 0 Å². The molecule has 3 nitrogen and oxygen atoms in total. The van der Waals surface area contributed by atoms with E-state index in [1.807, 2.05) is 31.2 Å². The highest BCUT2D eigenvalue weighted by molar-refractivity contribution is 5.80. The van der Waals surface area contributed by atoms with Gasteiger partial charge in [-0.25, -0.2) is 0 Å². The van der Waals surface area contributed by atoms with Crippen LogP contribution in [0.15, 0.2) is 24.3 Å². The minimum absolute atomic E-state index is 0.268.